The molecule has 1 aliphatic heterocycles. The van der Waals surface area contributed by atoms with Crippen LogP contribution in [0.1, 0.15) is 43.6 Å². The Morgan fingerprint density at radius 1 is 0.967 bits per heavy atom. The van der Waals surface area contributed by atoms with Crippen LogP contribution in [0.25, 0.3) is 0 Å². The van der Waals surface area contributed by atoms with Crippen LogP contribution < -0.4 is 14.2 Å². The molecule has 0 unspecified atom stereocenters. The Morgan fingerprint density at radius 3 is 2.03 bits per heavy atom. The Bertz CT molecular complexity index is 813. The lowest BCUT2D eigenvalue weighted by atomic mass is 9.82. The summed E-state index contributed by atoms with van der Waals surface area (Å²) >= 11 is 0. The minimum atomic E-state index is -0.220. The fourth-order valence-corrected chi connectivity index (χ4v) is 4.23. The average Bonchev–Trinajstić information content (AvgIpc) is 3.14. The van der Waals surface area contributed by atoms with Gasteiger partial charge in [-0.3, -0.25) is 0 Å². The zero-order chi connectivity index (χ0) is 21.9. The Hall–Kier alpha value is -2.24. The molecule has 1 aliphatic rings. The summed E-state index contributed by atoms with van der Waals surface area (Å²) in [7, 11) is 4.79. The lowest BCUT2D eigenvalue weighted by Crippen LogP contribution is -2.21. The molecule has 3 rings (SSSR count). The molecule has 30 heavy (non-hydrogen) atoms. The van der Waals surface area contributed by atoms with Gasteiger partial charge in [-0.2, -0.15) is 0 Å². The van der Waals surface area contributed by atoms with Gasteiger partial charge in [0.15, 0.2) is 11.5 Å². The van der Waals surface area contributed by atoms with E-state index in [1.54, 1.807) is 21.3 Å². The first kappa shape index (κ1) is 22.4. The van der Waals surface area contributed by atoms with Crippen molar-refractivity contribution >= 4 is 0 Å². The minimum absolute atomic E-state index is 0.00454. The SMILES string of the molecule is COc1cc([C@H]2OC[C@H](Cc3ccc(C(C)(C)C)cc3)[C@@H]2CO)cc(OC)c1OC. The van der Waals surface area contributed by atoms with Gasteiger partial charge < -0.3 is 24.1 Å². The molecule has 2 aromatic rings. The predicted octanol–water partition coefficient (Wildman–Crippen LogP) is 4.55. The molecule has 5 nitrogen and oxygen atoms in total. The van der Waals surface area contributed by atoms with Crippen LogP contribution >= 0.6 is 0 Å². The molecular formula is C25H34O5. The first-order valence-corrected chi connectivity index (χ1v) is 10.4. The van der Waals surface area contributed by atoms with Gasteiger partial charge >= 0.3 is 0 Å². The molecule has 0 amide bonds. The maximum absolute atomic E-state index is 10.2. The third-order valence-corrected chi connectivity index (χ3v) is 6.03. The van der Waals surface area contributed by atoms with Crippen molar-refractivity contribution in [2.45, 2.75) is 38.7 Å². The zero-order valence-electron chi connectivity index (χ0n) is 18.9. The molecule has 0 bridgehead atoms. The second kappa shape index (κ2) is 9.27. The van der Waals surface area contributed by atoms with Gasteiger partial charge in [-0.15, -0.1) is 0 Å². The Balaban J connectivity index is 1.81. The predicted molar refractivity (Wildman–Crippen MR) is 118 cm³/mol. The van der Waals surface area contributed by atoms with Crippen molar-refractivity contribution < 1.29 is 24.1 Å². The second-order valence-corrected chi connectivity index (χ2v) is 8.97. The van der Waals surface area contributed by atoms with Crippen molar-refractivity contribution in [1.29, 1.82) is 0 Å². The van der Waals surface area contributed by atoms with Crippen molar-refractivity contribution in [3.8, 4) is 17.2 Å². The molecule has 1 N–H and O–H groups in total. The maximum atomic E-state index is 10.2. The van der Waals surface area contributed by atoms with Gasteiger partial charge in [0.05, 0.1) is 34.0 Å². The van der Waals surface area contributed by atoms with Crippen LogP contribution in [0.4, 0.5) is 0 Å². The van der Waals surface area contributed by atoms with Crippen molar-refractivity contribution in [2.24, 2.45) is 11.8 Å². The Morgan fingerprint density at radius 2 is 1.57 bits per heavy atom. The van der Waals surface area contributed by atoms with Crippen LogP contribution in [0.15, 0.2) is 36.4 Å². The van der Waals surface area contributed by atoms with Crippen LogP contribution in [-0.2, 0) is 16.6 Å². The largest absolute Gasteiger partial charge is 0.493 e. The Kier molecular flexibility index (Phi) is 6.94. The summed E-state index contributed by atoms with van der Waals surface area (Å²) in [5.41, 5.74) is 3.65. The highest BCUT2D eigenvalue weighted by atomic mass is 16.5. The molecule has 1 fully saturated rings. The van der Waals surface area contributed by atoms with Crippen molar-refractivity contribution in [2.75, 3.05) is 34.5 Å². The number of hydrogen-bond acceptors (Lipinski definition) is 5. The number of hydrogen-bond donors (Lipinski definition) is 1. The van der Waals surface area contributed by atoms with E-state index in [9.17, 15) is 5.11 Å². The average molecular weight is 415 g/mol. The van der Waals surface area contributed by atoms with Crippen LogP contribution in [0.5, 0.6) is 17.2 Å². The molecule has 0 aromatic heterocycles. The monoisotopic (exact) mass is 414 g/mol. The normalized spacial score (nSPS) is 21.5. The summed E-state index contributed by atoms with van der Waals surface area (Å²) < 4.78 is 22.6. The molecule has 0 saturated carbocycles. The molecule has 0 spiro atoms. The van der Waals surface area contributed by atoms with E-state index in [-0.39, 0.29) is 30.0 Å². The van der Waals surface area contributed by atoms with Gasteiger partial charge in [0.2, 0.25) is 5.75 Å². The second-order valence-electron chi connectivity index (χ2n) is 8.97. The standard InChI is InChI=1S/C25H34O5/c1-25(2,3)19-9-7-16(8-10-19)11-18-15-30-23(20(18)14-26)17-12-21(27-4)24(29-6)22(13-17)28-5/h7-10,12-13,18,20,23,26H,11,14-15H2,1-6H3/t18-,20-,23+/m0/s1. The van der Waals surface area contributed by atoms with E-state index in [2.05, 4.69) is 45.0 Å². The summed E-state index contributed by atoms with van der Waals surface area (Å²) in [6.45, 7) is 7.32. The van der Waals surface area contributed by atoms with E-state index >= 15 is 0 Å². The van der Waals surface area contributed by atoms with E-state index in [0.717, 1.165) is 12.0 Å². The van der Waals surface area contributed by atoms with Crippen LogP contribution in [0, 0.1) is 11.8 Å². The quantitative estimate of drug-likeness (QED) is 0.720. The van der Waals surface area contributed by atoms with Crippen molar-refractivity contribution in [3.05, 3.63) is 53.1 Å². The van der Waals surface area contributed by atoms with Gasteiger partial charge in [-0.05, 0) is 46.6 Å². The van der Waals surface area contributed by atoms with Gasteiger partial charge in [0.1, 0.15) is 0 Å². The van der Waals surface area contributed by atoms with E-state index in [0.29, 0.717) is 23.9 Å². The fraction of sp³-hybridized carbons (Fsp3) is 0.520. The summed E-state index contributed by atoms with van der Waals surface area (Å²) in [6, 6.07) is 12.6. The lowest BCUT2D eigenvalue weighted by molar-refractivity contribution is 0.0715. The van der Waals surface area contributed by atoms with Crippen molar-refractivity contribution in [3.63, 3.8) is 0 Å². The minimum Gasteiger partial charge on any atom is -0.493 e. The van der Waals surface area contributed by atoms with E-state index in [1.165, 1.54) is 11.1 Å². The zero-order valence-corrected chi connectivity index (χ0v) is 18.9. The molecule has 3 atom stereocenters. The molecule has 0 aliphatic carbocycles. The van der Waals surface area contributed by atoms with Crippen LogP contribution in [0.3, 0.4) is 0 Å². The number of ether oxygens (including phenoxy) is 4. The van der Waals surface area contributed by atoms with Gasteiger partial charge in [0, 0.05) is 12.5 Å². The smallest absolute Gasteiger partial charge is 0.203 e. The molecule has 2 aromatic carbocycles. The highest BCUT2D eigenvalue weighted by Crippen LogP contribution is 2.45. The van der Waals surface area contributed by atoms with Crippen LogP contribution in [-0.4, -0.2) is 39.6 Å². The summed E-state index contributed by atoms with van der Waals surface area (Å²) in [4.78, 5) is 0. The topological polar surface area (TPSA) is 57.2 Å². The van der Waals surface area contributed by atoms with Crippen LogP contribution in [0.2, 0.25) is 0 Å². The van der Waals surface area contributed by atoms with Gasteiger partial charge in [0.25, 0.3) is 0 Å². The summed E-state index contributed by atoms with van der Waals surface area (Å²) in [5, 5.41) is 10.2. The summed E-state index contributed by atoms with van der Waals surface area (Å²) in [6.07, 6.45) is 0.652. The summed E-state index contributed by atoms with van der Waals surface area (Å²) in [5.74, 6) is 1.97. The maximum Gasteiger partial charge on any atom is 0.203 e. The molecule has 5 heteroatoms. The molecule has 1 saturated heterocycles. The number of benzene rings is 2. The molecular weight excluding hydrogens is 380 g/mol. The van der Waals surface area contributed by atoms with Gasteiger partial charge in [-0.25, -0.2) is 0 Å². The highest BCUT2D eigenvalue weighted by molar-refractivity contribution is 5.54. The van der Waals surface area contributed by atoms with E-state index < -0.39 is 0 Å². The number of methoxy groups -OCH3 is 3. The van der Waals surface area contributed by atoms with E-state index in [1.807, 2.05) is 12.1 Å². The number of aliphatic hydroxyl groups excluding tert-OH is 1. The fourth-order valence-electron chi connectivity index (χ4n) is 4.23. The lowest BCUT2D eigenvalue weighted by Gasteiger charge is -2.23. The molecule has 0 radical (unpaired) electrons. The van der Waals surface area contributed by atoms with Gasteiger partial charge in [-0.1, -0.05) is 45.0 Å². The van der Waals surface area contributed by atoms with Crippen molar-refractivity contribution in [1.82, 2.24) is 0 Å². The van der Waals surface area contributed by atoms with E-state index in [4.69, 9.17) is 18.9 Å². The first-order chi connectivity index (χ1) is 14.3. The first-order valence-electron chi connectivity index (χ1n) is 10.4. The molecule has 164 valence electrons. The third-order valence-electron chi connectivity index (χ3n) is 6.03. The molecule has 1 heterocycles. The number of aliphatic hydroxyl groups is 1. The Labute approximate surface area is 179 Å². The third kappa shape index (κ3) is 4.57. The number of rotatable bonds is 7. The highest BCUT2D eigenvalue weighted by Gasteiger charge is 2.38.